The molecule has 4 atom stereocenters. The van der Waals surface area contributed by atoms with Crippen LogP contribution in [0, 0.1) is 5.92 Å². The summed E-state index contributed by atoms with van der Waals surface area (Å²) < 4.78 is 14.4. The van der Waals surface area contributed by atoms with E-state index in [-0.39, 0.29) is 24.5 Å². The third-order valence-electron chi connectivity index (χ3n) is 4.23. The second-order valence-corrected chi connectivity index (χ2v) is 8.39. The average molecular weight is 375 g/mol. The molecule has 2 heterocycles. The molecule has 2 aliphatic heterocycles. The minimum absolute atomic E-state index is 0.236. The van der Waals surface area contributed by atoms with Crippen LogP contribution in [0.2, 0.25) is 0 Å². The minimum Gasteiger partial charge on any atom is -0.434 e. The maximum absolute atomic E-state index is 12.5. The Bertz CT molecular complexity index is 539. The predicted molar refractivity (Wildman–Crippen MR) is 89.6 cm³/mol. The number of ether oxygens (including phenoxy) is 3. The molecule has 1 N–H and O–H groups in total. The molecule has 9 heteroatoms. The van der Waals surface area contributed by atoms with Crippen molar-refractivity contribution >= 4 is 29.8 Å². The molecule has 2 aliphatic rings. The zero-order valence-electron chi connectivity index (χ0n) is 14.9. The molecule has 2 rings (SSSR count). The Morgan fingerprint density at radius 2 is 2.04 bits per heavy atom. The van der Waals surface area contributed by atoms with E-state index < -0.39 is 35.1 Å². The van der Waals surface area contributed by atoms with Gasteiger partial charge in [-0.3, -0.25) is 4.79 Å². The van der Waals surface area contributed by atoms with Crippen molar-refractivity contribution in [3.8, 4) is 0 Å². The number of amides is 1. The lowest BCUT2D eigenvalue weighted by molar-refractivity contribution is -0.183. The second kappa shape index (κ2) is 7.82. The molecule has 0 bridgehead atoms. The highest BCUT2D eigenvalue weighted by molar-refractivity contribution is 8.01. The number of hydrogen-bond donors (Lipinski definition) is 1. The number of hydrogen-bond acceptors (Lipinski definition) is 8. The van der Waals surface area contributed by atoms with Gasteiger partial charge in [0.05, 0.1) is 24.5 Å². The van der Waals surface area contributed by atoms with Gasteiger partial charge in [0.2, 0.25) is 12.2 Å². The lowest BCUT2D eigenvalue weighted by Crippen LogP contribution is -2.63. The fourth-order valence-electron chi connectivity index (χ4n) is 2.96. The van der Waals surface area contributed by atoms with Crippen LogP contribution in [0.3, 0.4) is 0 Å². The van der Waals surface area contributed by atoms with Gasteiger partial charge in [-0.25, -0.2) is 9.59 Å². The summed E-state index contributed by atoms with van der Waals surface area (Å²) in [4.78, 5) is 37.6. The maximum atomic E-state index is 12.5. The molecule has 4 unspecified atom stereocenters. The van der Waals surface area contributed by atoms with Gasteiger partial charge in [0, 0.05) is 11.7 Å². The summed E-state index contributed by atoms with van der Waals surface area (Å²) in [5, 5.41) is 9.05. The van der Waals surface area contributed by atoms with Crippen LogP contribution in [0.4, 0.5) is 4.79 Å². The maximum Gasteiger partial charge on any atom is 0.511 e. The van der Waals surface area contributed by atoms with E-state index in [9.17, 15) is 19.5 Å². The fourth-order valence-corrected chi connectivity index (χ4v) is 4.63. The molecular formula is C16H25NO7S. The molecule has 2 saturated heterocycles. The third-order valence-corrected chi connectivity index (χ3v) is 5.86. The first-order valence-electron chi connectivity index (χ1n) is 8.37. The monoisotopic (exact) mass is 375 g/mol. The Balaban J connectivity index is 1.91. The minimum atomic E-state index is -1.12. The highest BCUT2D eigenvalue weighted by atomic mass is 32.2. The van der Waals surface area contributed by atoms with Crippen LogP contribution in [0.5, 0.6) is 0 Å². The summed E-state index contributed by atoms with van der Waals surface area (Å²) in [5.41, 5.74) is 0. The Morgan fingerprint density at radius 3 is 2.64 bits per heavy atom. The van der Waals surface area contributed by atoms with Gasteiger partial charge in [-0.1, -0.05) is 13.3 Å². The Morgan fingerprint density at radius 1 is 1.36 bits per heavy atom. The molecule has 142 valence electrons. The smallest absolute Gasteiger partial charge is 0.434 e. The molecule has 0 aromatic rings. The van der Waals surface area contributed by atoms with Crippen LogP contribution >= 0.6 is 11.8 Å². The van der Waals surface area contributed by atoms with Crippen molar-refractivity contribution in [2.75, 3.05) is 13.2 Å². The number of aliphatic hydroxyl groups excluding tert-OH is 1. The van der Waals surface area contributed by atoms with Crippen molar-refractivity contribution in [2.45, 2.75) is 63.0 Å². The van der Waals surface area contributed by atoms with Gasteiger partial charge >= 0.3 is 12.1 Å². The quantitative estimate of drug-likeness (QED) is 0.309. The zero-order valence-corrected chi connectivity index (χ0v) is 15.7. The van der Waals surface area contributed by atoms with Crippen LogP contribution in [0.15, 0.2) is 0 Å². The average Bonchev–Trinajstić information content (AvgIpc) is 2.76. The summed E-state index contributed by atoms with van der Waals surface area (Å²) in [5.74, 6) is -1.39. The van der Waals surface area contributed by atoms with Crippen LogP contribution in [0.1, 0.15) is 40.5 Å². The van der Waals surface area contributed by atoms with E-state index >= 15 is 0 Å². The normalized spacial score (nSPS) is 28.0. The number of β-lactam (4-membered cyclic amide) rings is 1. The number of rotatable bonds is 7. The van der Waals surface area contributed by atoms with Crippen LogP contribution in [0.25, 0.3) is 0 Å². The standard InChI is InChI=1S/C16H25NO7S/c1-5-6-7-22-15(21)24-9(2)23-14(20)11-16(3,4)25-13-10(8-18)12(19)17(11)13/h9-11,13,18H,5-8H2,1-4H3. The van der Waals surface area contributed by atoms with Gasteiger partial charge in [-0.15, -0.1) is 11.8 Å². The summed E-state index contributed by atoms with van der Waals surface area (Å²) in [6.07, 6.45) is -0.411. The molecule has 1 amide bonds. The molecule has 0 spiro atoms. The summed E-state index contributed by atoms with van der Waals surface area (Å²) >= 11 is 1.46. The number of fused-ring (bicyclic) bond motifs is 1. The molecule has 0 aliphatic carbocycles. The van der Waals surface area contributed by atoms with E-state index in [0.29, 0.717) is 0 Å². The first kappa shape index (κ1) is 19.8. The van der Waals surface area contributed by atoms with E-state index in [4.69, 9.17) is 14.2 Å². The van der Waals surface area contributed by atoms with E-state index in [0.717, 1.165) is 12.8 Å². The number of aliphatic hydroxyl groups is 1. The van der Waals surface area contributed by atoms with Gasteiger partial charge in [0.15, 0.2) is 0 Å². The largest absolute Gasteiger partial charge is 0.511 e. The first-order chi connectivity index (χ1) is 11.7. The van der Waals surface area contributed by atoms with Crippen LogP contribution in [-0.2, 0) is 23.8 Å². The molecule has 25 heavy (non-hydrogen) atoms. The predicted octanol–water partition coefficient (Wildman–Crippen LogP) is 1.50. The first-order valence-corrected chi connectivity index (χ1v) is 9.25. The molecule has 2 fully saturated rings. The van der Waals surface area contributed by atoms with E-state index in [1.807, 2.05) is 20.8 Å². The van der Waals surface area contributed by atoms with E-state index in [2.05, 4.69) is 0 Å². The van der Waals surface area contributed by atoms with Crippen LogP contribution in [-0.4, -0.2) is 63.7 Å². The Kier molecular flexibility index (Phi) is 6.21. The third kappa shape index (κ3) is 4.03. The SMILES string of the molecule is CCCCOC(=O)OC(C)OC(=O)C1N2C(=O)C(CO)C2SC1(C)C. The van der Waals surface area contributed by atoms with Gasteiger partial charge in [-0.05, 0) is 20.3 Å². The van der Waals surface area contributed by atoms with Gasteiger partial charge in [-0.2, -0.15) is 0 Å². The molecule has 8 nitrogen and oxygen atoms in total. The zero-order chi connectivity index (χ0) is 18.8. The summed E-state index contributed by atoms with van der Waals surface area (Å²) in [6, 6.07) is -0.792. The van der Waals surface area contributed by atoms with Gasteiger partial charge in [0.1, 0.15) is 6.04 Å². The van der Waals surface area contributed by atoms with Crippen molar-refractivity contribution in [3.63, 3.8) is 0 Å². The number of unbranched alkanes of at least 4 members (excludes halogenated alkanes) is 1. The topological polar surface area (TPSA) is 102 Å². The molecule has 0 radical (unpaired) electrons. The highest BCUT2D eigenvalue weighted by Gasteiger charge is 2.63. The van der Waals surface area contributed by atoms with Crippen molar-refractivity contribution in [3.05, 3.63) is 0 Å². The van der Waals surface area contributed by atoms with Gasteiger partial charge in [0.25, 0.3) is 0 Å². The lowest BCUT2D eigenvalue weighted by atomic mass is 9.92. The number of esters is 1. The van der Waals surface area contributed by atoms with Crippen LogP contribution < -0.4 is 0 Å². The van der Waals surface area contributed by atoms with Crippen molar-refractivity contribution in [2.24, 2.45) is 5.92 Å². The van der Waals surface area contributed by atoms with Crippen molar-refractivity contribution in [1.29, 1.82) is 0 Å². The lowest BCUT2D eigenvalue weighted by Gasteiger charge is -2.43. The Hall–Kier alpha value is -1.48. The molecule has 0 aromatic carbocycles. The van der Waals surface area contributed by atoms with Crippen molar-refractivity contribution in [1.82, 2.24) is 4.90 Å². The number of carbonyl (C=O) groups excluding carboxylic acids is 3. The molecule has 0 aromatic heterocycles. The summed E-state index contributed by atoms with van der Waals surface area (Å²) in [6.45, 7) is 7.07. The number of nitrogens with zero attached hydrogens (tertiary/aromatic N) is 1. The Labute approximate surface area is 151 Å². The summed E-state index contributed by atoms with van der Waals surface area (Å²) in [7, 11) is 0. The number of carbonyl (C=O) groups is 3. The molecular weight excluding hydrogens is 350 g/mol. The van der Waals surface area contributed by atoms with Gasteiger partial charge < -0.3 is 24.2 Å². The van der Waals surface area contributed by atoms with E-state index in [1.165, 1.54) is 23.6 Å². The van der Waals surface area contributed by atoms with E-state index in [1.54, 1.807) is 0 Å². The fraction of sp³-hybridized carbons (Fsp3) is 0.812. The highest BCUT2D eigenvalue weighted by Crippen LogP contribution is 2.53. The second-order valence-electron chi connectivity index (χ2n) is 6.62. The molecule has 0 saturated carbocycles. The number of thioether (sulfide) groups is 1. The van der Waals surface area contributed by atoms with Crippen molar-refractivity contribution < 1.29 is 33.7 Å².